The zero-order valence-electron chi connectivity index (χ0n) is 24.1. The van der Waals surface area contributed by atoms with Gasteiger partial charge in [0.2, 0.25) is 5.91 Å². The van der Waals surface area contributed by atoms with Gasteiger partial charge < -0.3 is 20.5 Å². The number of fused-ring (bicyclic) bond motifs is 2. The number of methoxy groups -OCH3 is 1. The zero-order chi connectivity index (χ0) is 30.6. The Morgan fingerprint density at radius 1 is 1.17 bits per heavy atom. The normalized spacial score (nSPS) is 23.5. The van der Waals surface area contributed by atoms with E-state index >= 15 is 4.39 Å². The molecular formula is C32H34ClF2N3O4. The Morgan fingerprint density at radius 3 is 2.57 bits per heavy atom. The molecule has 1 spiro atoms. The maximum absolute atomic E-state index is 15.8. The van der Waals surface area contributed by atoms with Crippen LogP contribution in [0.2, 0.25) is 5.02 Å². The average Bonchev–Trinajstić information content (AvgIpc) is 3.40. The second-order valence-corrected chi connectivity index (χ2v) is 12.7. The summed E-state index contributed by atoms with van der Waals surface area (Å²) in [4.78, 5) is 27.8. The predicted molar refractivity (Wildman–Crippen MR) is 159 cm³/mol. The Labute approximate surface area is 248 Å². The van der Waals surface area contributed by atoms with E-state index in [2.05, 4.69) is 31.4 Å². The number of likely N-dealkylation sites (N-methyl/N-ethyl adjacent to an activating group) is 1. The number of nitrogens with one attached hydrogen (secondary N) is 2. The van der Waals surface area contributed by atoms with Crippen LogP contribution in [0.15, 0.2) is 54.6 Å². The van der Waals surface area contributed by atoms with Gasteiger partial charge in [-0.3, -0.25) is 9.69 Å². The minimum Gasteiger partial charge on any atom is -0.495 e. The van der Waals surface area contributed by atoms with E-state index in [1.54, 1.807) is 12.1 Å². The molecule has 1 fully saturated rings. The lowest BCUT2D eigenvalue weighted by Crippen LogP contribution is -2.47. The second-order valence-electron chi connectivity index (χ2n) is 12.3. The minimum absolute atomic E-state index is 0.000895. The van der Waals surface area contributed by atoms with Gasteiger partial charge in [-0.1, -0.05) is 50.6 Å². The van der Waals surface area contributed by atoms with E-state index in [1.807, 2.05) is 24.1 Å². The van der Waals surface area contributed by atoms with Crippen LogP contribution in [0, 0.1) is 17.0 Å². The summed E-state index contributed by atoms with van der Waals surface area (Å²) in [5, 5.41) is 16.3. The highest BCUT2D eigenvalue weighted by Gasteiger charge is 2.64. The van der Waals surface area contributed by atoms with Gasteiger partial charge in [-0.05, 0) is 66.4 Å². The third-order valence-corrected chi connectivity index (χ3v) is 8.78. The van der Waals surface area contributed by atoms with Crippen LogP contribution in [-0.4, -0.2) is 54.7 Å². The molecule has 0 radical (unpaired) electrons. The van der Waals surface area contributed by atoms with Crippen molar-refractivity contribution in [2.75, 3.05) is 31.3 Å². The van der Waals surface area contributed by atoms with Crippen molar-refractivity contribution in [2.45, 2.75) is 50.6 Å². The van der Waals surface area contributed by atoms with Crippen LogP contribution in [0.1, 0.15) is 54.6 Å². The smallest absolute Gasteiger partial charge is 0.335 e. The Kier molecular flexibility index (Phi) is 7.70. The third-order valence-electron chi connectivity index (χ3n) is 8.55. The summed E-state index contributed by atoms with van der Waals surface area (Å²) in [7, 11) is 3.22. The summed E-state index contributed by atoms with van der Waals surface area (Å²) < 4.78 is 36.0. The molecule has 7 nitrogen and oxygen atoms in total. The highest BCUT2D eigenvalue weighted by molar-refractivity contribution is 6.30. The first-order valence-corrected chi connectivity index (χ1v) is 14.1. The highest BCUT2D eigenvalue weighted by Crippen LogP contribution is 2.59. The number of rotatable bonds is 6. The summed E-state index contributed by atoms with van der Waals surface area (Å²) in [5.41, 5.74) is 1.06. The van der Waals surface area contributed by atoms with Crippen molar-refractivity contribution in [3.05, 3.63) is 87.9 Å². The largest absolute Gasteiger partial charge is 0.495 e. The summed E-state index contributed by atoms with van der Waals surface area (Å²) in [6.45, 7) is 6.72. The van der Waals surface area contributed by atoms with E-state index in [9.17, 15) is 19.1 Å². The molecule has 0 saturated carbocycles. The van der Waals surface area contributed by atoms with Gasteiger partial charge in [0.05, 0.1) is 24.4 Å². The molecule has 1 saturated heterocycles. The van der Waals surface area contributed by atoms with Crippen molar-refractivity contribution >= 4 is 34.9 Å². The number of ether oxygens (including phenoxy) is 1. The first-order chi connectivity index (χ1) is 19.8. The molecular weight excluding hydrogens is 564 g/mol. The monoisotopic (exact) mass is 597 g/mol. The maximum atomic E-state index is 15.8. The molecule has 3 aromatic rings. The fourth-order valence-corrected chi connectivity index (χ4v) is 7.02. The molecule has 5 rings (SSSR count). The molecule has 0 aliphatic carbocycles. The number of anilines is 2. The van der Waals surface area contributed by atoms with E-state index in [-0.39, 0.29) is 34.0 Å². The van der Waals surface area contributed by atoms with E-state index in [1.165, 1.54) is 31.4 Å². The van der Waals surface area contributed by atoms with E-state index in [0.717, 1.165) is 17.3 Å². The molecule has 0 aromatic heterocycles. The van der Waals surface area contributed by atoms with E-state index in [0.29, 0.717) is 18.0 Å². The Morgan fingerprint density at radius 2 is 1.90 bits per heavy atom. The number of amides is 1. The number of carboxylic acid groups (broad SMARTS) is 1. The molecule has 2 aliphatic rings. The number of aromatic carboxylic acids is 1. The molecule has 10 heteroatoms. The molecule has 42 heavy (non-hydrogen) atoms. The van der Waals surface area contributed by atoms with Gasteiger partial charge in [-0.2, -0.15) is 0 Å². The van der Waals surface area contributed by atoms with Gasteiger partial charge in [0.15, 0.2) is 11.6 Å². The molecule has 2 aliphatic heterocycles. The molecule has 1 amide bonds. The molecule has 2 heterocycles. The van der Waals surface area contributed by atoms with Crippen LogP contribution >= 0.6 is 11.6 Å². The first kappa shape index (κ1) is 29.8. The molecule has 0 unspecified atom stereocenters. The van der Waals surface area contributed by atoms with Crippen LogP contribution in [0.4, 0.5) is 20.2 Å². The van der Waals surface area contributed by atoms with Gasteiger partial charge in [-0.15, -0.1) is 0 Å². The van der Waals surface area contributed by atoms with Crippen molar-refractivity contribution in [2.24, 2.45) is 5.41 Å². The van der Waals surface area contributed by atoms with Crippen molar-refractivity contribution in [3.8, 4) is 5.75 Å². The lowest BCUT2D eigenvalue weighted by molar-refractivity contribution is -0.120. The minimum atomic E-state index is -1.14. The summed E-state index contributed by atoms with van der Waals surface area (Å²) in [6, 6.07) is 12.6. The van der Waals surface area contributed by atoms with Crippen molar-refractivity contribution in [3.63, 3.8) is 0 Å². The van der Waals surface area contributed by atoms with Gasteiger partial charge >= 0.3 is 5.97 Å². The molecule has 3 N–H and O–H groups in total. The quantitative estimate of drug-likeness (QED) is 0.299. The van der Waals surface area contributed by atoms with E-state index in [4.69, 9.17) is 16.3 Å². The van der Waals surface area contributed by atoms with Gasteiger partial charge in [0.25, 0.3) is 0 Å². The second kappa shape index (κ2) is 10.9. The van der Waals surface area contributed by atoms with E-state index < -0.39 is 40.9 Å². The van der Waals surface area contributed by atoms with Gasteiger partial charge in [0.1, 0.15) is 5.75 Å². The molecule has 222 valence electrons. The number of hydrogen-bond donors (Lipinski definition) is 3. The van der Waals surface area contributed by atoms with Gasteiger partial charge in [-0.25, -0.2) is 13.6 Å². The van der Waals surface area contributed by atoms with Crippen LogP contribution < -0.4 is 15.4 Å². The fraction of sp³-hybridized carbons (Fsp3) is 0.375. The lowest BCUT2D eigenvalue weighted by atomic mass is 9.63. The fourth-order valence-electron chi connectivity index (χ4n) is 6.85. The lowest BCUT2D eigenvalue weighted by Gasteiger charge is -2.40. The van der Waals surface area contributed by atoms with Gasteiger partial charge in [0, 0.05) is 34.6 Å². The maximum Gasteiger partial charge on any atom is 0.335 e. The molecule has 0 bridgehead atoms. The Balaban J connectivity index is 1.70. The summed E-state index contributed by atoms with van der Waals surface area (Å²) in [6.07, 6.45) is 0.654. The first-order valence-electron chi connectivity index (χ1n) is 13.7. The number of nitrogens with zero attached hydrogens (tertiary/aromatic N) is 1. The van der Waals surface area contributed by atoms with Crippen molar-refractivity contribution in [1.82, 2.24) is 4.90 Å². The topological polar surface area (TPSA) is 90.9 Å². The number of carboxylic acids is 1. The number of halogens is 3. The third kappa shape index (κ3) is 4.98. The number of likely N-dealkylation sites (tertiary alicyclic amines) is 1. The van der Waals surface area contributed by atoms with Crippen LogP contribution in [0.3, 0.4) is 0 Å². The molecule has 4 atom stereocenters. The summed E-state index contributed by atoms with van der Waals surface area (Å²) >= 11 is 6.35. The van der Waals surface area contributed by atoms with Crippen molar-refractivity contribution in [1.29, 1.82) is 0 Å². The van der Waals surface area contributed by atoms with Crippen LogP contribution in [-0.2, 0) is 10.2 Å². The number of carbonyl (C=O) groups excluding carboxylic acids is 1. The Hall–Kier alpha value is -3.69. The van der Waals surface area contributed by atoms with Crippen LogP contribution in [0.5, 0.6) is 5.75 Å². The number of hydrogen-bond acceptors (Lipinski definition) is 5. The standard InChI is InChI=1S/C32H34ClF2N3O4/c1-31(2,3)15-25-32(16-36-23-14-18(33)10-11-20(23)32)26(19-7-6-8-21(34)27(19)35)28(38(25)4)29(39)37-22-12-9-17(30(40)41)13-24(22)42-5/h6-14,25-26,28,36H,15-16H2,1-5H3,(H,37,39)(H,40,41)/t25-,26-,28+,32-/m0/s1. The highest BCUT2D eigenvalue weighted by atomic mass is 35.5. The Bertz CT molecular complexity index is 1560. The average molecular weight is 598 g/mol. The number of benzene rings is 3. The van der Waals surface area contributed by atoms with Crippen LogP contribution in [0.25, 0.3) is 0 Å². The van der Waals surface area contributed by atoms with Crippen molar-refractivity contribution < 1.29 is 28.2 Å². The number of carbonyl (C=O) groups is 2. The summed E-state index contributed by atoms with van der Waals surface area (Å²) in [5.74, 6) is -4.20. The molecule has 3 aromatic carbocycles. The SMILES string of the molecule is COc1cc(C(=O)O)ccc1NC(=O)[C@H]1[C@H](c2cccc(F)c2F)[C@]2(CNc3cc(Cl)ccc32)[C@H](CC(C)(C)C)N1C. The predicted octanol–water partition coefficient (Wildman–Crippen LogP) is 6.53. The zero-order valence-corrected chi connectivity index (χ0v) is 24.9.